The Morgan fingerprint density at radius 1 is 1.38 bits per heavy atom. The Balaban J connectivity index is 1.88. The molecule has 2 aromatic rings. The molecule has 0 spiro atoms. The van der Waals surface area contributed by atoms with Gasteiger partial charge in [0.1, 0.15) is 0 Å². The Kier molecular flexibility index (Phi) is 4.12. The van der Waals surface area contributed by atoms with Crippen molar-refractivity contribution < 1.29 is 9.53 Å². The Morgan fingerprint density at radius 2 is 2.14 bits per heavy atom. The zero-order chi connectivity index (χ0) is 14.8. The van der Waals surface area contributed by atoms with Crippen molar-refractivity contribution in [1.29, 1.82) is 0 Å². The number of nitrogens with zero attached hydrogens (tertiary/aromatic N) is 2. The van der Waals surface area contributed by atoms with Crippen molar-refractivity contribution >= 4 is 34.0 Å². The molecule has 0 radical (unpaired) electrons. The summed E-state index contributed by atoms with van der Waals surface area (Å²) in [6, 6.07) is 7.68. The zero-order valence-corrected chi connectivity index (χ0v) is 13.1. The van der Waals surface area contributed by atoms with Crippen LogP contribution in [0.2, 0.25) is 5.02 Å². The molecule has 1 aromatic carbocycles. The van der Waals surface area contributed by atoms with Gasteiger partial charge >= 0.3 is 5.97 Å². The van der Waals surface area contributed by atoms with Gasteiger partial charge in [-0.2, -0.15) is 0 Å². The summed E-state index contributed by atoms with van der Waals surface area (Å²) in [6.07, 6.45) is 1.78. The lowest BCUT2D eigenvalue weighted by Crippen LogP contribution is -2.24. The van der Waals surface area contributed by atoms with E-state index in [1.54, 1.807) is 17.5 Å². The summed E-state index contributed by atoms with van der Waals surface area (Å²) in [5.41, 5.74) is 1.11. The summed E-state index contributed by atoms with van der Waals surface area (Å²) in [4.78, 5) is 18.6. The number of benzene rings is 1. The van der Waals surface area contributed by atoms with Crippen LogP contribution in [0.25, 0.3) is 0 Å². The Morgan fingerprint density at radius 3 is 2.76 bits per heavy atom. The number of ether oxygens (including phenoxy) is 1. The number of hydrogen-bond acceptors (Lipinski definition) is 5. The highest BCUT2D eigenvalue weighted by molar-refractivity contribution is 7.13. The molecule has 0 aliphatic carbocycles. The first-order valence-corrected chi connectivity index (χ1v) is 7.92. The Bertz CT molecular complexity index is 615. The van der Waals surface area contributed by atoms with Gasteiger partial charge in [-0.1, -0.05) is 23.7 Å². The van der Waals surface area contributed by atoms with Crippen molar-refractivity contribution in [1.82, 2.24) is 4.98 Å². The molecule has 1 fully saturated rings. The summed E-state index contributed by atoms with van der Waals surface area (Å²) in [6.45, 7) is 1.39. The maximum absolute atomic E-state index is 12.1. The van der Waals surface area contributed by atoms with Crippen LogP contribution in [-0.2, 0) is 9.53 Å². The van der Waals surface area contributed by atoms with Crippen LogP contribution in [0.5, 0.6) is 0 Å². The van der Waals surface area contributed by atoms with Crippen molar-refractivity contribution in [2.45, 2.75) is 5.92 Å². The number of aromatic nitrogens is 1. The number of anilines is 1. The molecule has 110 valence electrons. The number of thiazole rings is 1. The average Bonchev–Trinajstić information content (AvgIpc) is 3.16. The number of carbonyl (C=O) groups is 1. The lowest BCUT2D eigenvalue weighted by molar-refractivity contribution is -0.145. The molecule has 1 saturated heterocycles. The van der Waals surface area contributed by atoms with Crippen molar-refractivity contribution in [2.24, 2.45) is 5.92 Å². The zero-order valence-electron chi connectivity index (χ0n) is 11.5. The number of carbonyl (C=O) groups excluding carboxylic acids is 1. The number of halogens is 1. The Hall–Kier alpha value is -1.59. The third-order valence-electron chi connectivity index (χ3n) is 3.81. The normalized spacial score (nSPS) is 21.5. The minimum atomic E-state index is -0.180. The van der Waals surface area contributed by atoms with Crippen molar-refractivity contribution in [3.05, 3.63) is 46.4 Å². The van der Waals surface area contributed by atoms with E-state index in [-0.39, 0.29) is 17.8 Å². The molecule has 0 bridgehead atoms. The van der Waals surface area contributed by atoms with Crippen LogP contribution in [0.1, 0.15) is 11.5 Å². The van der Waals surface area contributed by atoms with E-state index in [4.69, 9.17) is 16.3 Å². The van der Waals surface area contributed by atoms with Crippen LogP contribution >= 0.6 is 22.9 Å². The monoisotopic (exact) mass is 322 g/mol. The van der Waals surface area contributed by atoms with E-state index in [0.29, 0.717) is 11.6 Å². The molecule has 2 atom stereocenters. The first-order valence-electron chi connectivity index (χ1n) is 6.67. The maximum atomic E-state index is 12.1. The van der Waals surface area contributed by atoms with E-state index in [9.17, 15) is 4.79 Å². The van der Waals surface area contributed by atoms with Gasteiger partial charge in [-0.05, 0) is 17.7 Å². The van der Waals surface area contributed by atoms with E-state index >= 15 is 0 Å². The first kappa shape index (κ1) is 14.4. The number of esters is 1. The molecule has 21 heavy (non-hydrogen) atoms. The molecule has 6 heteroatoms. The smallest absolute Gasteiger partial charge is 0.311 e. The summed E-state index contributed by atoms with van der Waals surface area (Å²) < 4.78 is 4.97. The molecule has 2 heterocycles. The molecule has 0 amide bonds. The molecule has 0 unspecified atom stereocenters. The van der Waals surface area contributed by atoms with E-state index < -0.39 is 0 Å². The van der Waals surface area contributed by atoms with E-state index in [2.05, 4.69) is 9.88 Å². The van der Waals surface area contributed by atoms with Gasteiger partial charge in [0, 0.05) is 35.6 Å². The molecule has 3 rings (SSSR count). The molecule has 0 N–H and O–H groups in total. The lowest BCUT2D eigenvalue weighted by Gasteiger charge is -2.16. The summed E-state index contributed by atoms with van der Waals surface area (Å²) in [5, 5.41) is 3.58. The summed E-state index contributed by atoms with van der Waals surface area (Å²) in [5.74, 6) is -0.257. The minimum Gasteiger partial charge on any atom is -0.469 e. The maximum Gasteiger partial charge on any atom is 0.311 e. The van der Waals surface area contributed by atoms with Gasteiger partial charge in [-0.3, -0.25) is 4.79 Å². The topological polar surface area (TPSA) is 42.4 Å². The second-order valence-electron chi connectivity index (χ2n) is 5.01. The fraction of sp³-hybridized carbons (Fsp3) is 0.333. The Labute approximate surface area is 132 Å². The van der Waals surface area contributed by atoms with Gasteiger partial charge in [0.25, 0.3) is 0 Å². The van der Waals surface area contributed by atoms with Gasteiger partial charge in [-0.15, -0.1) is 11.3 Å². The van der Waals surface area contributed by atoms with E-state index in [0.717, 1.165) is 17.2 Å². The standard InChI is InChI=1S/C15H15ClN2O2S/c1-20-14(19)13-9-18(15-17-6-7-21-15)8-12(13)10-2-4-11(16)5-3-10/h2-7,12-13H,8-9H2,1H3/t12-,13+/m0/s1. The summed E-state index contributed by atoms with van der Waals surface area (Å²) >= 11 is 7.53. The highest BCUT2D eigenvalue weighted by Gasteiger charge is 2.40. The lowest BCUT2D eigenvalue weighted by atomic mass is 9.89. The molecular formula is C15H15ClN2O2S. The molecule has 4 nitrogen and oxygen atoms in total. The van der Waals surface area contributed by atoms with Gasteiger partial charge in [0.2, 0.25) is 0 Å². The predicted molar refractivity (Wildman–Crippen MR) is 84.0 cm³/mol. The number of hydrogen-bond donors (Lipinski definition) is 0. The summed E-state index contributed by atoms with van der Waals surface area (Å²) in [7, 11) is 1.44. The van der Waals surface area contributed by atoms with Crippen LogP contribution in [0.15, 0.2) is 35.8 Å². The molecular weight excluding hydrogens is 308 g/mol. The predicted octanol–water partition coefficient (Wildman–Crippen LogP) is 3.19. The van der Waals surface area contributed by atoms with Gasteiger partial charge in [-0.25, -0.2) is 4.98 Å². The van der Waals surface area contributed by atoms with Gasteiger partial charge in [0.05, 0.1) is 13.0 Å². The molecule has 1 aromatic heterocycles. The van der Waals surface area contributed by atoms with Crippen molar-refractivity contribution in [2.75, 3.05) is 25.1 Å². The largest absolute Gasteiger partial charge is 0.469 e. The number of methoxy groups -OCH3 is 1. The quantitative estimate of drug-likeness (QED) is 0.814. The third-order valence-corrected chi connectivity index (χ3v) is 4.90. The highest BCUT2D eigenvalue weighted by Crippen LogP contribution is 2.37. The van der Waals surface area contributed by atoms with E-state index in [1.807, 2.05) is 29.6 Å². The van der Waals surface area contributed by atoms with Crippen LogP contribution < -0.4 is 4.90 Å². The van der Waals surface area contributed by atoms with Crippen LogP contribution in [0, 0.1) is 5.92 Å². The van der Waals surface area contributed by atoms with E-state index in [1.165, 1.54) is 7.11 Å². The molecule has 1 aliphatic heterocycles. The van der Waals surface area contributed by atoms with Crippen LogP contribution in [0.3, 0.4) is 0 Å². The first-order chi connectivity index (χ1) is 10.2. The highest BCUT2D eigenvalue weighted by atomic mass is 35.5. The van der Waals surface area contributed by atoms with Crippen LogP contribution in [0.4, 0.5) is 5.13 Å². The second kappa shape index (κ2) is 6.03. The molecule has 1 aliphatic rings. The average molecular weight is 323 g/mol. The minimum absolute atomic E-state index is 0.0959. The molecule has 0 saturated carbocycles. The van der Waals surface area contributed by atoms with Gasteiger partial charge < -0.3 is 9.64 Å². The van der Waals surface area contributed by atoms with Crippen molar-refractivity contribution in [3.63, 3.8) is 0 Å². The second-order valence-corrected chi connectivity index (χ2v) is 6.32. The SMILES string of the molecule is COC(=O)[C@@H]1CN(c2nccs2)C[C@H]1c1ccc(Cl)cc1. The van der Waals surface area contributed by atoms with Crippen molar-refractivity contribution in [3.8, 4) is 0 Å². The number of rotatable bonds is 3. The fourth-order valence-electron chi connectivity index (χ4n) is 2.77. The fourth-order valence-corrected chi connectivity index (χ4v) is 3.56. The third kappa shape index (κ3) is 2.89. The van der Waals surface area contributed by atoms with Gasteiger partial charge in [0.15, 0.2) is 5.13 Å². The van der Waals surface area contributed by atoms with Crippen LogP contribution in [-0.4, -0.2) is 31.2 Å².